The monoisotopic (exact) mass is 227 g/mol. The Hall–Kier alpha value is -0.390. The molecule has 0 bridgehead atoms. The first-order valence-electron chi connectivity index (χ1n) is 1.75. The molecule has 0 aromatic rings. The second-order valence-electron chi connectivity index (χ2n) is 1.13. The van der Waals surface area contributed by atoms with Crippen LogP contribution in [0.25, 0.3) is 0 Å². The van der Waals surface area contributed by atoms with Crippen LogP contribution in [-0.2, 0) is 27.2 Å². The fraction of sp³-hybridized carbons (Fsp3) is 0.667. The third-order valence-electron chi connectivity index (χ3n) is 0. The van der Waals surface area contributed by atoms with Crippen molar-refractivity contribution in [2.75, 3.05) is 0 Å². The minimum atomic E-state index is -1.75. The maximum absolute atomic E-state index is 9.44. The van der Waals surface area contributed by atoms with Crippen molar-refractivity contribution in [3.8, 4) is 0 Å². The fourth-order valence-electron chi connectivity index (χ4n) is 0. The molecule has 0 unspecified atom stereocenters. The summed E-state index contributed by atoms with van der Waals surface area (Å²) in [6, 6.07) is 0. The predicted octanol–water partition coefficient (Wildman–Crippen LogP) is 0.354. The van der Waals surface area contributed by atoms with Crippen molar-refractivity contribution in [3.63, 3.8) is 0 Å². The standard InChI is InChI=1S/C3H6O.Ag.NO3/c1-3(2)4;;2-1(3)4/h1-2H3;;/q;+1;-1. The van der Waals surface area contributed by atoms with Crippen LogP contribution in [-0.4, -0.2) is 10.9 Å². The number of Topliss-reactive ketones (excluding diaryl/α,β-unsaturated/α-hetero) is 1. The summed E-state index contributed by atoms with van der Waals surface area (Å²) in [6.45, 7) is 3.06. The van der Waals surface area contributed by atoms with Crippen molar-refractivity contribution in [1.82, 2.24) is 0 Å². The predicted molar refractivity (Wildman–Crippen MR) is 26.7 cm³/mol. The van der Waals surface area contributed by atoms with E-state index in [0.717, 1.165) is 0 Å². The first-order chi connectivity index (χ1) is 3.46. The van der Waals surface area contributed by atoms with Gasteiger partial charge in [0.15, 0.2) is 0 Å². The van der Waals surface area contributed by atoms with E-state index >= 15 is 0 Å². The van der Waals surface area contributed by atoms with Gasteiger partial charge in [0.05, 0.1) is 5.09 Å². The van der Waals surface area contributed by atoms with Crippen LogP contribution >= 0.6 is 0 Å². The maximum atomic E-state index is 9.44. The molecule has 0 N–H and O–H groups in total. The molecule has 0 aromatic carbocycles. The Kier molecular flexibility index (Phi) is 18.6. The minimum absolute atomic E-state index is 0. The van der Waals surface area contributed by atoms with Crippen molar-refractivity contribution in [2.45, 2.75) is 13.8 Å². The Balaban J connectivity index is -0.0000000720. The van der Waals surface area contributed by atoms with E-state index in [0.29, 0.717) is 0 Å². The average molecular weight is 228 g/mol. The summed E-state index contributed by atoms with van der Waals surface area (Å²) in [6.07, 6.45) is 0. The van der Waals surface area contributed by atoms with Crippen LogP contribution in [0, 0.1) is 15.3 Å². The summed E-state index contributed by atoms with van der Waals surface area (Å²) in [7, 11) is 0. The summed E-state index contributed by atoms with van der Waals surface area (Å²) in [5, 5.41) is 14.8. The SMILES string of the molecule is CC(C)=O.O=[N+]([O-])[O-].[Ag+]. The number of carbonyl (C=O) groups excluding carboxylic acids is 1. The minimum Gasteiger partial charge on any atom is -0.356 e. The van der Waals surface area contributed by atoms with E-state index in [1.807, 2.05) is 0 Å². The van der Waals surface area contributed by atoms with Gasteiger partial charge in [-0.15, -0.1) is 0 Å². The third kappa shape index (κ3) is 1580. The molecular weight excluding hydrogens is 222 g/mol. The number of hydrogen-bond donors (Lipinski definition) is 0. The van der Waals surface area contributed by atoms with Crippen LogP contribution in [0.2, 0.25) is 0 Å². The number of nitrogens with zero attached hydrogens (tertiary/aromatic N) is 1. The Morgan fingerprint density at radius 2 is 1.33 bits per heavy atom. The number of carbonyl (C=O) groups is 1. The van der Waals surface area contributed by atoms with Gasteiger partial charge in [0, 0.05) is 0 Å². The molecule has 0 aliphatic carbocycles. The second-order valence-corrected chi connectivity index (χ2v) is 1.13. The Morgan fingerprint density at radius 3 is 1.33 bits per heavy atom. The molecule has 0 fully saturated rings. The smallest absolute Gasteiger partial charge is 0.356 e. The van der Waals surface area contributed by atoms with Crippen molar-refractivity contribution < 1.29 is 32.3 Å². The molecule has 0 saturated heterocycles. The Labute approximate surface area is 67.7 Å². The Morgan fingerprint density at radius 1 is 1.33 bits per heavy atom. The van der Waals surface area contributed by atoms with E-state index < -0.39 is 5.09 Å². The summed E-state index contributed by atoms with van der Waals surface area (Å²) in [5.41, 5.74) is 0. The van der Waals surface area contributed by atoms with Crippen molar-refractivity contribution >= 4 is 5.78 Å². The first kappa shape index (κ1) is 15.8. The van der Waals surface area contributed by atoms with Crippen molar-refractivity contribution in [2.24, 2.45) is 0 Å². The van der Waals surface area contributed by atoms with E-state index in [1.165, 1.54) is 13.8 Å². The number of hydrogen-bond acceptors (Lipinski definition) is 4. The average Bonchev–Trinajstić information content (AvgIpc) is 1.25. The van der Waals surface area contributed by atoms with E-state index in [-0.39, 0.29) is 28.2 Å². The molecule has 0 spiro atoms. The fourth-order valence-corrected chi connectivity index (χ4v) is 0. The van der Waals surface area contributed by atoms with Crippen molar-refractivity contribution in [1.29, 1.82) is 0 Å². The van der Waals surface area contributed by atoms with Gasteiger partial charge in [-0.2, -0.15) is 0 Å². The van der Waals surface area contributed by atoms with Gasteiger partial charge in [0.2, 0.25) is 0 Å². The van der Waals surface area contributed by atoms with E-state index in [2.05, 4.69) is 0 Å². The van der Waals surface area contributed by atoms with Crippen LogP contribution in [0.4, 0.5) is 0 Å². The van der Waals surface area contributed by atoms with Crippen LogP contribution in [0.15, 0.2) is 0 Å². The van der Waals surface area contributed by atoms with Gasteiger partial charge >= 0.3 is 22.4 Å². The molecule has 0 amide bonds. The molecular formula is C3H6AgNO4. The van der Waals surface area contributed by atoms with Gasteiger partial charge in [-0.25, -0.2) is 0 Å². The summed E-state index contributed by atoms with van der Waals surface area (Å²) >= 11 is 0. The van der Waals surface area contributed by atoms with Gasteiger partial charge in [0.1, 0.15) is 5.78 Å². The third-order valence-corrected chi connectivity index (χ3v) is 0. The summed E-state index contributed by atoms with van der Waals surface area (Å²) < 4.78 is 0. The molecule has 0 heterocycles. The van der Waals surface area contributed by atoms with Crippen LogP contribution in [0.3, 0.4) is 0 Å². The largest absolute Gasteiger partial charge is 1.00 e. The first-order valence-corrected chi connectivity index (χ1v) is 1.75. The van der Waals surface area contributed by atoms with E-state index in [1.54, 1.807) is 0 Å². The zero-order valence-corrected chi connectivity index (χ0v) is 6.36. The molecule has 9 heavy (non-hydrogen) atoms. The quantitative estimate of drug-likeness (QED) is 0.340. The molecule has 0 aromatic heterocycles. The van der Waals surface area contributed by atoms with E-state index in [4.69, 9.17) is 15.3 Å². The van der Waals surface area contributed by atoms with Gasteiger partial charge in [-0.3, -0.25) is 0 Å². The second kappa shape index (κ2) is 10.6. The van der Waals surface area contributed by atoms with Crippen LogP contribution in [0.1, 0.15) is 13.8 Å². The molecule has 0 atom stereocenters. The zero-order chi connectivity index (χ0) is 7.15. The van der Waals surface area contributed by atoms with Gasteiger partial charge in [-0.05, 0) is 13.8 Å². The van der Waals surface area contributed by atoms with Gasteiger partial charge < -0.3 is 20.1 Å². The normalized spacial score (nSPS) is 5.56. The molecule has 0 radical (unpaired) electrons. The Bertz CT molecular complexity index is 73.8. The molecule has 58 valence electrons. The van der Waals surface area contributed by atoms with Gasteiger partial charge in [0.25, 0.3) is 0 Å². The summed E-state index contributed by atoms with van der Waals surface area (Å²) in [4.78, 5) is 17.7. The van der Waals surface area contributed by atoms with Crippen LogP contribution in [0.5, 0.6) is 0 Å². The molecule has 6 heteroatoms. The maximum Gasteiger partial charge on any atom is 1.00 e. The van der Waals surface area contributed by atoms with Gasteiger partial charge in [-0.1, -0.05) is 0 Å². The van der Waals surface area contributed by atoms with Crippen LogP contribution < -0.4 is 0 Å². The number of rotatable bonds is 0. The molecule has 5 nitrogen and oxygen atoms in total. The molecule has 0 aliphatic rings. The zero-order valence-electron chi connectivity index (χ0n) is 4.88. The van der Waals surface area contributed by atoms with Crippen molar-refractivity contribution in [3.05, 3.63) is 15.3 Å². The van der Waals surface area contributed by atoms with E-state index in [9.17, 15) is 4.79 Å². The molecule has 0 saturated carbocycles. The summed E-state index contributed by atoms with van der Waals surface area (Å²) in [5.74, 6) is 0.167. The molecule has 0 rings (SSSR count). The molecule has 0 aliphatic heterocycles. The topological polar surface area (TPSA) is 83.3 Å². The number of ketones is 1.